The first-order chi connectivity index (χ1) is 18.7. The summed E-state index contributed by atoms with van der Waals surface area (Å²) in [5, 5.41) is 6.17. The summed E-state index contributed by atoms with van der Waals surface area (Å²) >= 11 is 0. The van der Waals surface area contributed by atoms with Crippen LogP contribution >= 0.6 is 0 Å². The smallest absolute Gasteiger partial charge is 0.224 e. The predicted octanol–water partition coefficient (Wildman–Crippen LogP) is 5.08. The van der Waals surface area contributed by atoms with Gasteiger partial charge in [0, 0.05) is 37.3 Å². The summed E-state index contributed by atoms with van der Waals surface area (Å²) < 4.78 is 10.6. The van der Waals surface area contributed by atoms with E-state index in [0.29, 0.717) is 12.8 Å². The molecular weight excluding hydrogens is 492 g/mol. The van der Waals surface area contributed by atoms with Gasteiger partial charge in [0.05, 0.1) is 14.2 Å². The average molecular weight is 539 g/mol. The molecule has 1 saturated heterocycles. The van der Waals surface area contributed by atoms with Crippen molar-refractivity contribution in [3.63, 3.8) is 0 Å². The zero-order valence-corrected chi connectivity index (χ0v) is 24.6. The van der Waals surface area contributed by atoms with Crippen molar-refractivity contribution in [1.82, 2.24) is 9.80 Å². The number of nitrogens with one attached hydrogen (secondary N) is 2. The summed E-state index contributed by atoms with van der Waals surface area (Å²) in [6.07, 6.45) is 3.79. The Bertz CT molecular complexity index is 1000. The number of amides is 2. The van der Waals surface area contributed by atoms with E-state index in [1.165, 1.54) is 0 Å². The quantitative estimate of drug-likeness (QED) is 0.392. The van der Waals surface area contributed by atoms with Crippen molar-refractivity contribution < 1.29 is 19.1 Å². The summed E-state index contributed by atoms with van der Waals surface area (Å²) in [6.45, 7) is 13.9. The van der Waals surface area contributed by atoms with E-state index in [0.717, 1.165) is 104 Å². The van der Waals surface area contributed by atoms with Crippen molar-refractivity contribution in [2.45, 2.75) is 59.8 Å². The highest BCUT2D eigenvalue weighted by Crippen LogP contribution is 2.27. The van der Waals surface area contributed by atoms with Gasteiger partial charge >= 0.3 is 0 Å². The summed E-state index contributed by atoms with van der Waals surface area (Å²) in [7, 11) is 3.30. The van der Waals surface area contributed by atoms with Crippen molar-refractivity contribution in [3.05, 3.63) is 46.5 Å². The monoisotopic (exact) mass is 538 g/mol. The van der Waals surface area contributed by atoms with Gasteiger partial charge in [0.2, 0.25) is 11.8 Å². The van der Waals surface area contributed by atoms with E-state index in [4.69, 9.17) is 9.47 Å². The number of hydrogen-bond donors (Lipinski definition) is 2. The molecule has 1 aliphatic rings. The molecule has 0 aliphatic carbocycles. The van der Waals surface area contributed by atoms with Crippen LogP contribution in [0, 0.1) is 27.7 Å². The largest absolute Gasteiger partial charge is 0.497 e. The second-order valence-electron chi connectivity index (χ2n) is 10.6. The van der Waals surface area contributed by atoms with Gasteiger partial charge in [0.1, 0.15) is 11.5 Å². The van der Waals surface area contributed by atoms with Crippen molar-refractivity contribution in [2.24, 2.45) is 0 Å². The van der Waals surface area contributed by atoms with Crippen LogP contribution in [0.1, 0.15) is 54.4 Å². The highest BCUT2D eigenvalue weighted by Gasteiger charge is 2.16. The molecule has 0 bridgehead atoms. The maximum absolute atomic E-state index is 12.6. The number of anilines is 2. The highest BCUT2D eigenvalue weighted by molar-refractivity contribution is 5.93. The molecule has 214 valence electrons. The van der Waals surface area contributed by atoms with Crippen LogP contribution in [0.5, 0.6) is 11.5 Å². The number of ether oxygens (including phenoxy) is 2. The molecule has 0 saturated carbocycles. The lowest BCUT2D eigenvalue weighted by Crippen LogP contribution is -2.32. The average Bonchev–Trinajstić information content (AvgIpc) is 3.13. The summed E-state index contributed by atoms with van der Waals surface area (Å²) in [5.74, 6) is 1.72. The summed E-state index contributed by atoms with van der Waals surface area (Å²) in [6, 6.07) is 7.78. The fraction of sp³-hybridized carbons (Fsp3) is 0.548. The number of rotatable bonds is 12. The van der Waals surface area contributed by atoms with E-state index in [9.17, 15) is 9.59 Å². The topological polar surface area (TPSA) is 83.1 Å². The maximum Gasteiger partial charge on any atom is 0.224 e. The Balaban J connectivity index is 1.34. The number of benzene rings is 2. The fourth-order valence-electron chi connectivity index (χ4n) is 5.28. The third-order valence-corrected chi connectivity index (χ3v) is 7.45. The van der Waals surface area contributed by atoms with E-state index in [1.807, 2.05) is 52.0 Å². The molecule has 1 heterocycles. The Morgan fingerprint density at radius 1 is 0.667 bits per heavy atom. The Labute approximate surface area is 234 Å². The first-order valence-corrected chi connectivity index (χ1v) is 14.0. The fourth-order valence-corrected chi connectivity index (χ4v) is 5.28. The molecule has 3 rings (SSSR count). The van der Waals surface area contributed by atoms with Crippen LogP contribution in [-0.2, 0) is 9.59 Å². The molecule has 1 aliphatic heterocycles. The molecule has 8 nitrogen and oxygen atoms in total. The Morgan fingerprint density at radius 2 is 1.03 bits per heavy atom. The number of aryl methyl sites for hydroxylation is 4. The van der Waals surface area contributed by atoms with Gasteiger partial charge in [-0.2, -0.15) is 0 Å². The molecule has 2 aromatic carbocycles. The van der Waals surface area contributed by atoms with Crippen LogP contribution in [0.15, 0.2) is 24.3 Å². The molecule has 1 fully saturated rings. The lowest BCUT2D eigenvalue weighted by Gasteiger charge is -2.22. The summed E-state index contributed by atoms with van der Waals surface area (Å²) in [4.78, 5) is 30.1. The van der Waals surface area contributed by atoms with Crippen LogP contribution < -0.4 is 20.1 Å². The zero-order valence-electron chi connectivity index (χ0n) is 24.6. The molecule has 2 N–H and O–H groups in total. The van der Waals surface area contributed by atoms with Gasteiger partial charge in [0.15, 0.2) is 0 Å². The van der Waals surface area contributed by atoms with E-state index >= 15 is 0 Å². The SMILES string of the molecule is COc1cc(C)c(NC(=O)CCCN2CCCN(CCCC(=O)Nc3c(C)cc(OC)cc3C)CC2)c(C)c1. The van der Waals surface area contributed by atoms with Gasteiger partial charge in [-0.25, -0.2) is 0 Å². The first kappa shape index (κ1) is 30.4. The minimum Gasteiger partial charge on any atom is -0.497 e. The van der Waals surface area contributed by atoms with Crippen molar-refractivity contribution in [3.8, 4) is 11.5 Å². The first-order valence-electron chi connectivity index (χ1n) is 14.0. The van der Waals surface area contributed by atoms with E-state index in [1.54, 1.807) is 14.2 Å². The molecule has 8 heteroatoms. The van der Waals surface area contributed by atoms with E-state index < -0.39 is 0 Å². The zero-order chi connectivity index (χ0) is 28.4. The normalized spacial score (nSPS) is 14.5. The Kier molecular flexibility index (Phi) is 11.6. The highest BCUT2D eigenvalue weighted by atomic mass is 16.5. The number of carbonyl (C=O) groups excluding carboxylic acids is 2. The predicted molar refractivity (Wildman–Crippen MR) is 158 cm³/mol. The van der Waals surface area contributed by atoms with Crippen LogP contribution in [0.2, 0.25) is 0 Å². The van der Waals surface area contributed by atoms with Gasteiger partial charge in [-0.05, 0) is 120 Å². The Hall–Kier alpha value is -3.10. The molecule has 0 atom stereocenters. The van der Waals surface area contributed by atoms with Gasteiger partial charge in [0.25, 0.3) is 0 Å². The molecule has 39 heavy (non-hydrogen) atoms. The number of nitrogens with zero attached hydrogens (tertiary/aromatic N) is 2. The lowest BCUT2D eigenvalue weighted by atomic mass is 10.1. The van der Waals surface area contributed by atoms with E-state index in [-0.39, 0.29) is 11.8 Å². The molecule has 0 spiro atoms. The van der Waals surface area contributed by atoms with Crippen molar-refractivity contribution in [2.75, 3.05) is 64.1 Å². The minimum atomic E-state index is 0.0566. The van der Waals surface area contributed by atoms with Crippen LogP contribution in [0.3, 0.4) is 0 Å². The van der Waals surface area contributed by atoms with Crippen molar-refractivity contribution >= 4 is 23.2 Å². The molecule has 0 radical (unpaired) electrons. The van der Waals surface area contributed by atoms with Crippen LogP contribution in [-0.4, -0.2) is 75.1 Å². The maximum atomic E-state index is 12.6. The minimum absolute atomic E-state index is 0.0566. The second kappa shape index (κ2) is 14.9. The van der Waals surface area contributed by atoms with Gasteiger partial charge < -0.3 is 29.9 Å². The molecule has 0 aromatic heterocycles. The number of methoxy groups -OCH3 is 2. The summed E-state index contributed by atoms with van der Waals surface area (Å²) in [5.41, 5.74) is 5.81. The second-order valence-corrected chi connectivity index (χ2v) is 10.6. The van der Waals surface area contributed by atoms with Crippen LogP contribution in [0.4, 0.5) is 11.4 Å². The van der Waals surface area contributed by atoms with Gasteiger partial charge in [-0.1, -0.05) is 0 Å². The standard InChI is InChI=1S/C31H46N4O4/c1-22-18-26(38-5)19-23(2)30(22)32-28(36)10-7-12-34-14-9-15-35(17-16-34)13-8-11-29(37)33-31-24(3)20-27(39-6)21-25(31)4/h18-21H,7-17H2,1-6H3,(H,32,36)(H,33,37). The number of hydrogen-bond acceptors (Lipinski definition) is 6. The molecule has 0 unspecified atom stereocenters. The third kappa shape index (κ3) is 9.25. The molecule has 2 aromatic rings. The molecule has 2 amide bonds. The van der Waals surface area contributed by atoms with Gasteiger partial charge in [-0.15, -0.1) is 0 Å². The van der Waals surface area contributed by atoms with Gasteiger partial charge in [-0.3, -0.25) is 9.59 Å². The molecular formula is C31H46N4O4. The lowest BCUT2D eigenvalue weighted by molar-refractivity contribution is -0.117. The third-order valence-electron chi connectivity index (χ3n) is 7.45. The van der Waals surface area contributed by atoms with Crippen molar-refractivity contribution in [1.29, 1.82) is 0 Å². The Morgan fingerprint density at radius 3 is 1.36 bits per heavy atom. The van der Waals surface area contributed by atoms with Crippen LogP contribution in [0.25, 0.3) is 0 Å². The number of carbonyl (C=O) groups is 2. The van der Waals surface area contributed by atoms with E-state index in [2.05, 4.69) is 20.4 Å².